The molecule has 3 fully saturated rings. The lowest BCUT2D eigenvalue weighted by molar-refractivity contribution is -0.139. The predicted octanol–water partition coefficient (Wildman–Crippen LogP) is 5.98. The first kappa shape index (κ1) is 13.4. The van der Waals surface area contributed by atoms with Gasteiger partial charge >= 0.3 is 0 Å². The number of hydrogen-bond donors (Lipinski definition) is 0. The summed E-state index contributed by atoms with van der Waals surface area (Å²) in [7, 11) is 0. The molecule has 5 atom stereocenters. The number of allylic oxidation sites excluding steroid dienone is 2. The Morgan fingerprint density at radius 3 is 2.35 bits per heavy atom. The second kappa shape index (κ2) is 3.73. The SMILES string of the molecule is CC1(C)CCC[C@@]2(C)[C@H]1CC[C@]13C=C[C@](C)(CC[C@@H]12)C3. The van der Waals surface area contributed by atoms with E-state index in [0.29, 0.717) is 21.7 Å². The van der Waals surface area contributed by atoms with Gasteiger partial charge in [-0.05, 0) is 78.4 Å². The van der Waals surface area contributed by atoms with Crippen LogP contribution in [0.25, 0.3) is 0 Å². The molecule has 4 aliphatic rings. The van der Waals surface area contributed by atoms with Gasteiger partial charge in [0.25, 0.3) is 0 Å². The third-order valence-electron chi connectivity index (χ3n) is 8.22. The summed E-state index contributed by atoms with van der Waals surface area (Å²) in [6.45, 7) is 10.3. The Balaban J connectivity index is 1.75. The second-order valence-electron chi connectivity index (χ2n) is 9.93. The van der Waals surface area contributed by atoms with Gasteiger partial charge < -0.3 is 0 Å². The van der Waals surface area contributed by atoms with E-state index in [1.54, 1.807) is 0 Å². The summed E-state index contributed by atoms with van der Waals surface area (Å²) in [4.78, 5) is 0. The highest BCUT2D eigenvalue weighted by atomic mass is 14.7. The monoisotopic (exact) mass is 272 g/mol. The van der Waals surface area contributed by atoms with Crippen molar-refractivity contribution in [1.29, 1.82) is 0 Å². The van der Waals surface area contributed by atoms with E-state index in [-0.39, 0.29) is 0 Å². The van der Waals surface area contributed by atoms with Crippen LogP contribution in [-0.4, -0.2) is 0 Å². The molecule has 0 saturated heterocycles. The van der Waals surface area contributed by atoms with Crippen LogP contribution in [0.1, 0.15) is 79.1 Å². The van der Waals surface area contributed by atoms with Gasteiger partial charge in [0.05, 0.1) is 0 Å². The van der Waals surface area contributed by atoms with E-state index in [9.17, 15) is 0 Å². The van der Waals surface area contributed by atoms with Crippen LogP contribution in [0.4, 0.5) is 0 Å². The number of rotatable bonds is 0. The molecule has 0 N–H and O–H groups in total. The lowest BCUT2D eigenvalue weighted by Gasteiger charge is -2.64. The Kier molecular flexibility index (Phi) is 2.50. The molecule has 0 heterocycles. The maximum atomic E-state index is 2.69. The quantitative estimate of drug-likeness (QED) is 0.476. The minimum atomic E-state index is 0.546. The van der Waals surface area contributed by atoms with Gasteiger partial charge in [-0.15, -0.1) is 0 Å². The van der Waals surface area contributed by atoms with Gasteiger partial charge in [0.2, 0.25) is 0 Å². The third-order valence-corrected chi connectivity index (χ3v) is 8.22. The van der Waals surface area contributed by atoms with Gasteiger partial charge in [0, 0.05) is 0 Å². The molecular formula is C20H32. The van der Waals surface area contributed by atoms with Crippen LogP contribution in [0.2, 0.25) is 0 Å². The molecule has 0 aromatic heterocycles. The molecular weight excluding hydrogens is 240 g/mol. The van der Waals surface area contributed by atoms with Crippen molar-refractivity contribution >= 4 is 0 Å². The maximum absolute atomic E-state index is 2.69. The van der Waals surface area contributed by atoms with Crippen LogP contribution in [0, 0.1) is 33.5 Å². The largest absolute Gasteiger partial charge is 0.0820 e. The Morgan fingerprint density at radius 2 is 1.55 bits per heavy atom. The summed E-state index contributed by atoms with van der Waals surface area (Å²) in [5, 5.41) is 0. The lowest BCUT2D eigenvalue weighted by Crippen LogP contribution is -2.56. The summed E-state index contributed by atoms with van der Waals surface area (Å²) in [6.07, 6.45) is 17.1. The number of fused-ring (bicyclic) bond motifs is 3. The van der Waals surface area contributed by atoms with Gasteiger partial charge in [-0.2, -0.15) is 0 Å². The highest BCUT2D eigenvalue weighted by molar-refractivity contribution is 5.25. The summed E-state index contributed by atoms with van der Waals surface area (Å²) < 4.78 is 0. The van der Waals surface area contributed by atoms with Crippen LogP contribution in [0.15, 0.2) is 12.2 Å². The van der Waals surface area contributed by atoms with Crippen molar-refractivity contribution in [3.8, 4) is 0 Å². The van der Waals surface area contributed by atoms with Crippen molar-refractivity contribution in [3.63, 3.8) is 0 Å². The van der Waals surface area contributed by atoms with Gasteiger partial charge in [0.1, 0.15) is 0 Å². The molecule has 20 heavy (non-hydrogen) atoms. The fourth-order valence-corrected chi connectivity index (χ4v) is 7.46. The van der Waals surface area contributed by atoms with Crippen LogP contribution < -0.4 is 0 Å². The first-order chi connectivity index (χ1) is 9.30. The molecule has 4 aliphatic carbocycles. The smallest absolute Gasteiger partial charge is 0.00762 e. The fourth-order valence-electron chi connectivity index (χ4n) is 7.46. The highest BCUT2D eigenvalue weighted by Gasteiger charge is 2.62. The van der Waals surface area contributed by atoms with Crippen molar-refractivity contribution < 1.29 is 0 Å². The van der Waals surface area contributed by atoms with E-state index in [0.717, 1.165) is 11.8 Å². The summed E-state index contributed by atoms with van der Waals surface area (Å²) in [5.41, 5.74) is 2.34. The highest BCUT2D eigenvalue weighted by Crippen LogP contribution is 2.71. The van der Waals surface area contributed by atoms with E-state index >= 15 is 0 Å². The normalized spacial score (nSPS) is 56.2. The molecule has 0 aromatic rings. The molecule has 0 unspecified atom stereocenters. The molecule has 0 heteroatoms. The molecule has 0 amide bonds. The van der Waals surface area contributed by atoms with E-state index in [1.807, 2.05) is 0 Å². The first-order valence-electron chi connectivity index (χ1n) is 9.00. The van der Waals surface area contributed by atoms with E-state index in [1.165, 1.54) is 51.4 Å². The van der Waals surface area contributed by atoms with Gasteiger partial charge in [-0.1, -0.05) is 46.3 Å². The molecule has 0 aromatic carbocycles. The predicted molar refractivity (Wildman–Crippen MR) is 85.5 cm³/mol. The van der Waals surface area contributed by atoms with Crippen molar-refractivity contribution in [1.82, 2.24) is 0 Å². The summed E-state index contributed by atoms with van der Waals surface area (Å²) in [5.74, 6) is 1.94. The fraction of sp³-hybridized carbons (Fsp3) is 0.900. The zero-order chi connectivity index (χ0) is 14.2. The van der Waals surface area contributed by atoms with Crippen molar-refractivity contribution in [2.45, 2.75) is 79.1 Å². The van der Waals surface area contributed by atoms with Gasteiger partial charge in [-0.25, -0.2) is 0 Å². The van der Waals surface area contributed by atoms with E-state index in [2.05, 4.69) is 39.8 Å². The van der Waals surface area contributed by atoms with Gasteiger partial charge in [-0.3, -0.25) is 0 Å². The Labute approximate surface area is 125 Å². The third kappa shape index (κ3) is 1.54. The Bertz CT molecular complexity index is 459. The van der Waals surface area contributed by atoms with Crippen LogP contribution in [0.3, 0.4) is 0 Å². The van der Waals surface area contributed by atoms with Crippen molar-refractivity contribution in [2.75, 3.05) is 0 Å². The zero-order valence-electron chi connectivity index (χ0n) is 14.0. The molecule has 0 aliphatic heterocycles. The number of hydrogen-bond acceptors (Lipinski definition) is 0. The molecule has 0 radical (unpaired) electrons. The maximum Gasteiger partial charge on any atom is -0.00762 e. The topological polar surface area (TPSA) is 0 Å². The van der Waals surface area contributed by atoms with Crippen molar-refractivity contribution in [2.24, 2.45) is 33.5 Å². The van der Waals surface area contributed by atoms with Crippen LogP contribution in [0.5, 0.6) is 0 Å². The zero-order valence-corrected chi connectivity index (χ0v) is 14.0. The molecule has 0 nitrogen and oxygen atoms in total. The van der Waals surface area contributed by atoms with Crippen LogP contribution >= 0.6 is 0 Å². The minimum absolute atomic E-state index is 0.546. The molecule has 3 saturated carbocycles. The van der Waals surface area contributed by atoms with Gasteiger partial charge in [0.15, 0.2) is 0 Å². The van der Waals surface area contributed by atoms with Crippen LogP contribution in [-0.2, 0) is 0 Å². The van der Waals surface area contributed by atoms with E-state index < -0.39 is 0 Å². The van der Waals surface area contributed by atoms with E-state index in [4.69, 9.17) is 0 Å². The molecule has 1 spiro atoms. The Hall–Kier alpha value is -0.260. The Morgan fingerprint density at radius 1 is 0.800 bits per heavy atom. The molecule has 4 rings (SSSR count). The molecule has 112 valence electrons. The lowest BCUT2D eigenvalue weighted by atomic mass is 9.40. The molecule has 2 bridgehead atoms. The first-order valence-corrected chi connectivity index (χ1v) is 9.00. The average molecular weight is 272 g/mol. The average Bonchev–Trinajstić information content (AvgIpc) is 2.58. The summed E-state index contributed by atoms with van der Waals surface area (Å²) >= 11 is 0. The summed E-state index contributed by atoms with van der Waals surface area (Å²) in [6, 6.07) is 0. The standard InChI is InChI=1S/C20H32/c1-17(2)8-5-9-19(4)15(17)7-11-20-13-12-18(3,14-20)10-6-16(19)20/h12-13,15-16H,5-11,14H2,1-4H3/t15-,16+,18-,19-,20+/m0/s1. The minimum Gasteiger partial charge on any atom is -0.0820 e. The van der Waals surface area contributed by atoms with Crippen molar-refractivity contribution in [3.05, 3.63) is 12.2 Å². The second-order valence-corrected chi connectivity index (χ2v) is 9.93.